The van der Waals surface area contributed by atoms with Crippen LogP contribution in [0.5, 0.6) is 23.0 Å². The summed E-state index contributed by atoms with van der Waals surface area (Å²) in [5, 5.41) is 22.1. The molecule has 0 unspecified atom stereocenters. The number of amides is 2. The number of ether oxygens (including phenoxy) is 2. The number of phenolic OH excluding ortho intramolecular Hbond substituents is 2. The molecule has 2 aromatic heterocycles. The van der Waals surface area contributed by atoms with Crippen LogP contribution in [0.25, 0.3) is 44.1 Å². The SMILES string of the molecule is C=CC(=O)N1CCN2c3ncnc4cc(-c5c(O)cccc5F)c(Cl)c(c34)OC[C@@H]2C1.C=CC(=O)N1CCN2c3ncnc4cc(-c5c(O)cccc5F)c(Cl)c(c34)OC[C@@H]2C1. The number of anilines is 2. The average Bonchev–Trinajstić information content (AvgIpc) is 3.55. The molecule has 4 aliphatic heterocycles. The number of nitrogens with zero attached hydrogens (tertiary/aromatic N) is 8. The lowest BCUT2D eigenvalue weighted by molar-refractivity contribution is -0.127. The molecule has 0 spiro atoms. The highest BCUT2D eigenvalue weighted by Gasteiger charge is 2.37. The Labute approximate surface area is 362 Å². The Morgan fingerprint density at radius 2 is 1.10 bits per heavy atom. The summed E-state index contributed by atoms with van der Waals surface area (Å²) in [6, 6.07) is 11.1. The molecule has 10 rings (SSSR count). The second kappa shape index (κ2) is 16.2. The second-order valence-electron chi connectivity index (χ2n) is 14.9. The van der Waals surface area contributed by atoms with Crippen LogP contribution in [-0.4, -0.2) is 116 Å². The zero-order valence-electron chi connectivity index (χ0n) is 32.8. The number of hydrogen-bond donors (Lipinski definition) is 2. The number of halogens is 4. The van der Waals surface area contributed by atoms with Gasteiger partial charge < -0.3 is 39.3 Å². The maximum Gasteiger partial charge on any atom is 0.246 e. The largest absolute Gasteiger partial charge is 0.507 e. The molecule has 316 valence electrons. The summed E-state index contributed by atoms with van der Waals surface area (Å²) in [6.45, 7) is 10.7. The molecule has 2 saturated heterocycles. The van der Waals surface area contributed by atoms with E-state index < -0.39 is 11.6 Å². The quantitative estimate of drug-likeness (QED) is 0.179. The summed E-state index contributed by atoms with van der Waals surface area (Å²) in [7, 11) is 0. The number of carbonyl (C=O) groups is 2. The fourth-order valence-electron chi connectivity index (χ4n) is 8.50. The molecule has 0 radical (unpaired) electrons. The van der Waals surface area contributed by atoms with Crippen molar-refractivity contribution in [2.75, 3.05) is 62.3 Å². The summed E-state index contributed by atoms with van der Waals surface area (Å²) in [5.74, 6) is 0.0410. The van der Waals surface area contributed by atoms with E-state index in [1.807, 2.05) is 0 Å². The maximum absolute atomic E-state index is 14.6. The molecular weight excluding hydrogens is 845 g/mol. The number of carbonyl (C=O) groups excluding carboxylic acids is 2. The molecule has 62 heavy (non-hydrogen) atoms. The molecule has 6 heterocycles. The van der Waals surface area contributed by atoms with Gasteiger partial charge in [-0.1, -0.05) is 48.5 Å². The number of benzene rings is 4. The number of aromatic nitrogens is 4. The number of rotatable bonds is 4. The third-order valence-corrected chi connectivity index (χ3v) is 12.2. The van der Waals surface area contributed by atoms with E-state index in [1.54, 1.807) is 21.9 Å². The third kappa shape index (κ3) is 6.88. The van der Waals surface area contributed by atoms with Crippen LogP contribution >= 0.6 is 23.2 Å². The van der Waals surface area contributed by atoms with Gasteiger partial charge in [-0.3, -0.25) is 9.59 Å². The fraction of sp³-hybridized carbons (Fsp3) is 0.227. The van der Waals surface area contributed by atoms with E-state index in [4.69, 9.17) is 32.7 Å². The maximum atomic E-state index is 14.6. The molecule has 4 aliphatic rings. The molecule has 2 atom stereocenters. The molecule has 4 aromatic carbocycles. The fourth-order valence-corrected chi connectivity index (χ4v) is 9.09. The molecular formula is C44H36Cl2F2N8O6. The van der Waals surface area contributed by atoms with Gasteiger partial charge in [-0.05, 0) is 48.6 Å². The van der Waals surface area contributed by atoms with E-state index in [0.29, 0.717) is 84.2 Å². The Morgan fingerprint density at radius 1 is 0.677 bits per heavy atom. The number of phenols is 2. The van der Waals surface area contributed by atoms with Gasteiger partial charge in [0.2, 0.25) is 11.8 Å². The minimum absolute atomic E-state index is 0.0147. The number of hydrogen-bond acceptors (Lipinski definition) is 12. The molecule has 0 bridgehead atoms. The minimum Gasteiger partial charge on any atom is -0.507 e. The van der Waals surface area contributed by atoms with Crippen LogP contribution in [0.1, 0.15) is 0 Å². The van der Waals surface area contributed by atoms with Gasteiger partial charge in [0.1, 0.15) is 60.6 Å². The monoisotopic (exact) mass is 880 g/mol. The van der Waals surface area contributed by atoms with E-state index in [9.17, 15) is 28.6 Å². The van der Waals surface area contributed by atoms with Crippen LogP contribution < -0.4 is 19.3 Å². The number of fused-ring (bicyclic) bond motifs is 4. The predicted molar refractivity (Wildman–Crippen MR) is 230 cm³/mol. The Bertz CT molecular complexity index is 2620. The van der Waals surface area contributed by atoms with E-state index in [0.717, 1.165) is 0 Å². The first kappa shape index (κ1) is 40.6. The minimum atomic E-state index is -0.604. The number of aromatic hydroxyl groups is 2. The molecule has 2 N–H and O–H groups in total. The van der Waals surface area contributed by atoms with E-state index in [1.165, 1.54) is 61.2 Å². The van der Waals surface area contributed by atoms with Crippen molar-refractivity contribution in [2.45, 2.75) is 12.1 Å². The van der Waals surface area contributed by atoms with Crippen LogP contribution in [-0.2, 0) is 9.59 Å². The van der Waals surface area contributed by atoms with Gasteiger partial charge >= 0.3 is 0 Å². The van der Waals surface area contributed by atoms with E-state index >= 15 is 0 Å². The Balaban J connectivity index is 0.000000158. The van der Waals surface area contributed by atoms with E-state index in [2.05, 4.69) is 42.9 Å². The molecule has 0 saturated carbocycles. The Morgan fingerprint density at radius 3 is 1.48 bits per heavy atom. The van der Waals surface area contributed by atoms with Gasteiger partial charge in [0.25, 0.3) is 0 Å². The van der Waals surface area contributed by atoms with Crippen molar-refractivity contribution in [1.29, 1.82) is 0 Å². The van der Waals surface area contributed by atoms with Crippen LogP contribution in [0.2, 0.25) is 10.0 Å². The van der Waals surface area contributed by atoms with Crippen LogP contribution in [0, 0.1) is 11.6 Å². The van der Waals surface area contributed by atoms with Crippen molar-refractivity contribution >= 4 is 68.5 Å². The van der Waals surface area contributed by atoms with Gasteiger partial charge in [0.05, 0.1) is 55.1 Å². The highest BCUT2D eigenvalue weighted by atomic mass is 35.5. The third-order valence-electron chi connectivity index (χ3n) is 11.4. The highest BCUT2D eigenvalue weighted by molar-refractivity contribution is 6.37. The highest BCUT2D eigenvalue weighted by Crippen LogP contribution is 2.49. The number of piperazine rings is 2. The molecule has 2 fully saturated rings. The summed E-state index contributed by atoms with van der Waals surface area (Å²) in [5.41, 5.74) is 1.58. The zero-order valence-corrected chi connectivity index (χ0v) is 34.3. The molecule has 6 aromatic rings. The Hall–Kier alpha value is -6.78. The first-order chi connectivity index (χ1) is 30.0. The van der Waals surface area contributed by atoms with Gasteiger partial charge in [0.15, 0.2) is 11.5 Å². The standard InChI is InChI=1S/2C22H18ClFN4O3/c2*1-2-17(30)27-6-7-28-12(9-27)10-31-21-19-15(25-11-26-22(19)28)8-13(20(21)23)18-14(24)4-3-5-16(18)29/h2*2-5,8,11-12,29H,1,6-7,9-10H2/t2*12-/m00/s1. The zero-order chi connectivity index (χ0) is 43.4. The van der Waals surface area contributed by atoms with Crippen molar-refractivity contribution in [2.24, 2.45) is 0 Å². The van der Waals surface area contributed by atoms with Gasteiger partial charge in [-0.25, -0.2) is 28.7 Å². The van der Waals surface area contributed by atoms with Crippen molar-refractivity contribution in [3.63, 3.8) is 0 Å². The predicted octanol–water partition coefficient (Wildman–Crippen LogP) is 6.78. The van der Waals surface area contributed by atoms with Crippen molar-refractivity contribution in [3.8, 4) is 45.3 Å². The summed E-state index contributed by atoms with van der Waals surface area (Å²) >= 11 is 13.4. The summed E-state index contributed by atoms with van der Waals surface area (Å²) < 4.78 is 41.4. The molecule has 2 amide bonds. The smallest absolute Gasteiger partial charge is 0.246 e. The summed E-state index contributed by atoms with van der Waals surface area (Å²) in [6.07, 6.45) is 5.47. The average molecular weight is 882 g/mol. The lowest BCUT2D eigenvalue weighted by atomic mass is 10.0. The van der Waals surface area contributed by atoms with Crippen molar-refractivity contribution < 1.29 is 38.1 Å². The van der Waals surface area contributed by atoms with Crippen LogP contribution in [0.15, 0.2) is 86.5 Å². The van der Waals surface area contributed by atoms with Crippen molar-refractivity contribution in [3.05, 3.63) is 108 Å². The first-order valence-corrected chi connectivity index (χ1v) is 20.3. The van der Waals surface area contributed by atoms with E-state index in [-0.39, 0.29) is 80.9 Å². The van der Waals surface area contributed by atoms with Crippen LogP contribution in [0.3, 0.4) is 0 Å². The molecule has 14 nitrogen and oxygen atoms in total. The lowest BCUT2D eigenvalue weighted by Gasteiger charge is -2.40. The van der Waals surface area contributed by atoms with Crippen LogP contribution in [0.4, 0.5) is 20.4 Å². The normalized spacial score (nSPS) is 17.7. The van der Waals surface area contributed by atoms with Gasteiger partial charge in [-0.15, -0.1) is 0 Å². The van der Waals surface area contributed by atoms with Gasteiger partial charge in [-0.2, -0.15) is 0 Å². The topological polar surface area (TPSA) is 158 Å². The second-order valence-corrected chi connectivity index (χ2v) is 15.6. The molecule has 18 heteroatoms. The Kier molecular flexibility index (Phi) is 10.6. The van der Waals surface area contributed by atoms with Crippen molar-refractivity contribution in [1.82, 2.24) is 29.7 Å². The van der Waals surface area contributed by atoms with Gasteiger partial charge in [0, 0.05) is 50.4 Å². The lowest BCUT2D eigenvalue weighted by Crippen LogP contribution is -2.56. The summed E-state index contributed by atoms with van der Waals surface area (Å²) in [4.78, 5) is 49.5. The first-order valence-electron chi connectivity index (χ1n) is 19.5. The molecule has 0 aliphatic carbocycles.